The quantitative estimate of drug-likeness (QED) is 0.849. The highest BCUT2D eigenvalue weighted by Crippen LogP contribution is 2.29. The molecule has 0 fully saturated rings. The number of hydrogen-bond acceptors (Lipinski definition) is 4. The fourth-order valence-corrected chi connectivity index (χ4v) is 2.99. The van der Waals surface area contributed by atoms with E-state index in [-0.39, 0.29) is 0 Å². The summed E-state index contributed by atoms with van der Waals surface area (Å²) in [7, 11) is 0. The van der Waals surface area contributed by atoms with E-state index in [1.165, 1.54) is 17.3 Å². The average Bonchev–Trinajstić information content (AvgIpc) is 2.84. The Hall–Kier alpha value is -0.780. The van der Waals surface area contributed by atoms with Crippen LogP contribution in [0, 0.1) is 5.92 Å². The standard InChI is InChI=1S/C14H17BrN2OS/c1-10(2)8-16-9-11-3-4-12(7-13(11)15)19-14-17-5-6-18-14/h3-7,10,16H,8-9H2,1-2H3. The number of oxazole rings is 1. The molecule has 1 heterocycles. The van der Waals surface area contributed by atoms with Crippen molar-refractivity contribution in [3.8, 4) is 0 Å². The van der Waals surface area contributed by atoms with Crippen LogP contribution < -0.4 is 5.32 Å². The minimum absolute atomic E-state index is 0.664. The highest BCUT2D eigenvalue weighted by Gasteiger charge is 2.05. The predicted octanol–water partition coefficient (Wildman–Crippen LogP) is 4.33. The monoisotopic (exact) mass is 340 g/mol. The molecule has 0 spiro atoms. The van der Waals surface area contributed by atoms with Crippen LogP contribution >= 0.6 is 27.7 Å². The van der Waals surface area contributed by atoms with Crippen LogP contribution in [0.5, 0.6) is 0 Å². The molecular formula is C14H17BrN2OS. The third-order valence-electron chi connectivity index (χ3n) is 2.51. The summed E-state index contributed by atoms with van der Waals surface area (Å²) in [4.78, 5) is 5.21. The van der Waals surface area contributed by atoms with Crippen LogP contribution in [0.2, 0.25) is 0 Å². The smallest absolute Gasteiger partial charge is 0.260 e. The van der Waals surface area contributed by atoms with Crippen LogP contribution in [0.1, 0.15) is 19.4 Å². The van der Waals surface area contributed by atoms with E-state index in [4.69, 9.17) is 4.42 Å². The number of hydrogen-bond donors (Lipinski definition) is 1. The van der Waals surface area contributed by atoms with Crippen LogP contribution in [0.25, 0.3) is 0 Å². The molecule has 0 saturated carbocycles. The summed E-state index contributed by atoms with van der Waals surface area (Å²) in [5, 5.41) is 4.10. The molecule has 1 aromatic carbocycles. The van der Waals surface area contributed by atoms with Crippen LogP contribution in [0.3, 0.4) is 0 Å². The number of rotatable bonds is 6. The fraction of sp³-hybridized carbons (Fsp3) is 0.357. The van der Waals surface area contributed by atoms with Gasteiger partial charge >= 0.3 is 0 Å². The van der Waals surface area contributed by atoms with Crippen molar-refractivity contribution in [2.75, 3.05) is 6.54 Å². The maximum absolute atomic E-state index is 5.22. The van der Waals surface area contributed by atoms with Gasteiger partial charge in [0.25, 0.3) is 5.22 Å². The van der Waals surface area contributed by atoms with Gasteiger partial charge in [-0.25, -0.2) is 4.98 Å². The fourth-order valence-electron chi connectivity index (χ4n) is 1.59. The van der Waals surface area contributed by atoms with Gasteiger partial charge in [-0.3, -0.25) is 0 Å². The number of halogens is 1. The Bertz CT molecular complexity index is 514. The summed E-state index contributed by atoms with van der Waals surface area (Å²) >= 11 is 5.13. The van der Waals surface area contributed by atoms with E-state index < -0.39 is 0 Å². The van der Waals surface area contributed by atoms with Crippen LogP contribution in [0.4, 0.5) is 0 Å². The maximum Gasteiger partial charge on any atom is 0.260 e. The molecule has 0 saturated heterocycles. The number of aromatic nitrogens is 1. The van der Waals surface area contributed by atoms with E-state index in [0.717, 1.165) is 22.5 Å². The van der Waals surface area contributed by atoms with E-state index in [0.29, 0.717) is 11.1 Å². The van der Waals surface area contributed by atoms with Crippen molar-refractivity contribution in [3.05, 3.63) is 40.7 Å². The molecule has 1 N–H and O–H groups in total. The molecule has 19 heavy (non-hydrogen) atoms. The maximum atomic E-state index is 5.22. The largest absolute Gasteiger partial charge is 0.440 e. The first kappa shape index (κ1) is 14.6. The van der Waals surface area contributed by atoms with E-state index >= 15 is 0 Å². The lowest BCUT2D eigenvalue weighted by molar-refractivity contribution is 0.454. The second-order valence-electron chi connectivity index (χ2n) is 4.68. The molecule has 3 nitrogen and oxygen atoms in total. The van der Waals surface area contributed by atoms with Gasteiger partial charge in [0.15, 0.2) is 0 Å². The van der Waals surface area contributed by atoms with Gasteiger partial charge in [0.1, 0.15) is 6.26 Å². The Morgan fingerprint density at radius 1 is 1.42 bits per heavy atom. The molecule has 0 unspecified atom stereocenters. The Morgan fingerprint density at radius 2 is 2.26 bits per heavy atom. The van der Waals surface area contributed by atoms with Crippen molar-refractivity contribution < 1.29 is 4.42 Å². The SMILES string of the molecule is CC(C)CNCc1ccc(Sc2ncco2)cc1Br. The minimum atomic E-state index is 0.664. The lowest BCUT2D eigenvalue weighted by Crippen LogP contribution is -2.19. The molecular weight excluding hydrogens is 324 g/mol. The van der Waals surface area contributed by atoms with Gasteiger partial charge < -0.3 is 9.73 Å². The molecule has 0 aliphatic carbocycles. The normalized spacial score (nSPS) is 11.2. The average molecular weight is 341 g/mol. The highest BCUT2D eigenvalue weighted by atomic mass is 79.9. The third kappa shape index (κ3) is 4.67. The minimum Gasteiger partial charge on any atom is -0.440 e. The van der Waals surface area contributed by atoms with Crippen LogP contribution in [-0.4, -0.2) is 11.5 Å². The van der Waals surface area contributed by atoms with E-state index in [1.54, 1.807) is 12.5 Å². The van der Waals surface area contributed by atoms with Gasteiger partial charge in [-0.05, 0) is 41.9 Å². The summed E-state index contributed by atoms with van der Waals surface area (Å²) in [6.45, 7) is 6.32. The molecule has 2 aromatic rings. The summed E-state index contributed by atoms with van der Waals surface area (Å²) in [5.41, 5.74) is 1.26. The van der Waals surface area contributed by atoms with Crippen LogP contribution in [0.15, 0.2) is 49.7 Å². The second-order valence-corrected chi connectivity index (χ2v) is 6.56. The van der Waals surface area contributed by atoms with Crippen molar-refractivity contribution in [1.82, 2.24) is 10.3 Å². The topological polar surface area (TPSA) is 38.1 Å². The summed E-state index contributed by atoms with van der Waals surface area (Å²) in [6, 6.07) is 6.32. The van der Waals surface area contributed by atoms with Gasteiger partial charge in [-0.15, -0.1) is 0 Å². The zero-order valence-electron chi connectivity index (χ0n) is 11.0. The lowest BCUT2D eigenvalue weighted by Gasteiger charge is -2.09. The Balaban J connectivity index is 1.96. The second kappa shape index (κ2) is 7.12. The molecule has 0 atom stereocenters. The van der Waals surface area contributed by atoms with E-state index in [9.17, 15) is 0 Å². The summed E-state index contributed by atoms with van der Waals surface area (Å²) in [5.74, 6) is 0.665. The van der Waals surface area contributed by atoms with Crippen molar-refractivity contribution in [2.24, 2.45) is 5.92 Å². The molecule has 0 radical (unpaired) electrons. The van der Waals surface area contributed by atoms with Gasteiger partial charge in [-0.2, -0.15) is 0 Å². The third-order valence-corrected chi connectivity index (χ3v) is 4.11. The van der Waals surface area contributed by atoms with Crippen molar-refractivity contribution in [2.45, 2.75) is 30.5 Å². The van der Waals surface area contributed by atoms with Crippen molar-refractivity contribution >= 4 is 27.7 Å². The van der Waals surface area contributed by atoms with Gasteiger partial charge in [0.2, 0.25) is 0 Å². The molecule has 102 valence electrons. The Kier molecular flexibility index (Phi) is 5.48. The van der Waals surface area contributed by atoms with Crippen molar-refractivity contribution in [3.63, 3.8) is 0 Å². The first-order valence-electron chi connectivity index (χ1n) is 6.21. The van der Waals surface area contributed by atoms with Gasteiger partial charge in [0.05, 0.1) is 6.20 Å². The molecule has 0 aliphatic heterocycles. The molecule has 0 bridgehead atoms. The lowest BCUT2D eigenvalue weighted by atomic mass is 10.2. The van der Waals surface area contributed by atoms with Crippen molar-refractivity contribution in [1.29, 1.82) is 0 Å². The van der Waals surface area contributed by atoms with Gasteiger partial charge in [-0.1, -0.05) is 35.8 Å². The number of nitrogens with one attached hydrogen (secondary N) is 1. The first-order chi connectivity index (χ1) is 9.15. The molecule has 1 aromatic heterocycles. The molecule has 0 amide bonds. The highest BCUT2D eigenvalue weighted by molar-refractivity contribution is 9.10. The summed E-state index contributed by atoms with van der Waals surface area (Å²) < 4.78 is 6.33. The number of benzene rings is 1. The Morgan fingerprint density at radius 3 is 2.89 bits per heavy atom. The van der Waals surface area contributed by atoms with Gasteiger partial charge in [0, 0.05) is 15.9 Å². The number of nitrogens with zero attached hydrogens (tertiary/aromatic N) is 1. The molecule has 2 rings (SSSR count). The summed E-state index contributed by atoms with van der Waals surface area (Å²) in [6.07, 6.45) is 3.24. The zero-order chi connectivity index (χ0) is 13.7. The zero-order valence-corrected chi connectivity index (χ0v) is 13.4. The first-order valence-corrected chi connectivity index (χ1v) is 7.82. The van der Waals surface area contributed by atoms with Crippen LogP contribution in [-0.2, 0) is 6.54 Å². The van der Waals surface area contributed by atoms with E-state index in [2.05, 4.69) is 58.3 Å². The predicted molar refractivity (Wildman–Crippen MR) is 81.3 cm³/mol. The molecule has 0 aliphatic rings. The molecule has 5 heteroatoms. The Labute approximate surface area is 126 Å². The van der Waals surface area contributed by atoms with E-state index in [1.807, 2.05) is 0 Å².